The average Bonchev–Trinajstić information content (AvgIpc) is 2.78. The van der Waals surface area contributed by atoms with Gasteiger partial charge < -0.3 is 4.18 Å². The molecule has 2 aromatic rings. The molecular formula is C10H6Cl2O3S2. The molecule has 0 radical (unpaired) electrons. The van der Waals surface area contributed by atoms with Gasteiger partial charge in [0, 0.05) is 0 Å². The van der Waals surface area contributed by atoms with Crippen LogP contribution in [0.4, 0.5) is 0 Å². The lowest BCUT2D eigenvalue weighted by Gasteiger charge is -2.07. The molecule has 0 unspecified atom stereocenters. The summed E-state index contributed by atoms with van der Waals surface area (Å²) in [5, 5.41) is 1.97. The van der Waals surface area contributed by atoms with Crippen LogP contribution in [-0.4, -0.2) is 8.42 Å². The molecule has 0 aliphatic rings. The van der Waals surface area contributed by atoms with Crippen molar-refractivity contribution in [2.75, 3.05) is 0 Å². The fraction of sp³-hybridized carbons (Fsp3) is 0. The van der Waals surface area contributed by atoms with Crippen LogP contribution in [0.2, 0.25) is 10.0 Å². The summed E-state index contributed by atoms with van der Waals surface area (Å²) in [6, 6.07) is 7.64. The summed E-state index contributed by atoms with van der Waals surface area (Å²) in [5.41, 5.74) is 0. The Morgan fingerprint density at radius 2 is 1.88 bits per heavy atom. The number of rotatable bonds is 3. The van der Waals surface area contributed by atoms with Crippen LogP contribution in [-0.2, 0) is 10.1 Å². The van der Waals surface area contributed by atoms with E-state index in [2.05, 4.69) is 0 Å². The van der Waals surface area contributed by atoms with Crippen molar-refractivity contribution in [3.8, 4) is 5.75 Å². The quantitative estimate of drug-likeness (QED) is 0.810. The van der Waals surface area contributed by atoms with Gasteiger partial charge in [0.1, 0.15) is 5.02 Å². The zero-order valence-electron chi connectivity index (χ0n) is 8.26. The lowest BCUT2D eigenvalue weighted by Crippen LogP contribution is -2.08. The first kappa shape index (κ1) is 12.7. The molecule has 0 bridgehead atoms. The standard InChI is InChI=1S/C10H6Cl2O3S2/c11-7-3-1-4-8(10(7)12)15-17(13,14)9-5-2-6-16-9/h1-6H. The number of hydrogen-bond acceptors (Lipinski definition) is 4. The van der Waals surface area contributed by atoms with E-state index in [9.17, 15) is 8.42 Å². The van der Waals surface area contributed by atoms with Gasteiger partial charge in [-0.2, -0.15) is 8.42 Å². The first-order valence-corrected chi connectivity index (χ1v) is 7.47. The van der Waals surface area contributed by atoms with Crippen LogP contribution in [0.5, 0.6) is 5.75 Å². The van der Waals surface area contributed by atoms with Crippen molar-refractivity contribution in [3.63, 3.8) is 0 Å². The molecule has 0 N–H and O–H groups in total. The van der Waals surface area contributed by atoms with Crippen LogP contribution in [0.1, 0.15) is 0 Å². The Morgan fingerprint density at radius 3 is 2.53 bits per heavy atom. The highest BCUT2D eigenvalue weighted by Crippen LogP contribution is 2.33. The van der Waals surface area contributed by atoms with Crippen LogP contribution in [0.15, 0.2) is 39.9 Å². The number of hydrogen-bond donors (Lipinski definition) is 0. The van der Waals surface area contributed by atoms with Crippen molar-refractivity contribution >= 4 is 44.7 Å². The van der Waals surface area contributed by atoms with Gasteiger partial charge in [-0.15, -0.1) is 11.3 Å². The van der Waals surface area contributed by atoms with Crippen molar-refractivity contribution < 1.29 is 12.6 Å². The smallest absolute Gasteiger partial charge is 0.348 e. The van der Waals surface area contributed by atoms with E-state index in [1.807, 2.05) is 0 Å². The molecule has 0 aliphatic heterocycles. The van der Waals surface area contributed by atoms with Gasteiger partial charge in [-0.3, -0.25) is 0 Å². The van der Waals surface area contributed by atoms with Crippen molar-refractivity contribution in [1.29, 1.82) is 0 Å². The summed E-state index contributed by atoms with van der Waals surface area (Å²) in [6.45, 7) is 0. The highest BCUT2D eigenvalue weighted by Gasteiger charge is 2.19. The lowest BCUT2D eigenvalue weighted by molar-refractivity contribution is 0.488. The third-order valence-corrected chi connectivity index (χ3v) is 5.25. The molecule has 0 aliphatic carbocycles. The van der Waals surface area contributed by atoms with Gasteiger partial charge in [0.25, 0.3) is 0 Å². The Balaban J connectivity index is 2.37. The van der Waals surface area contributed by atoms with Crippen LogP contribution >= 0.6 is 34.5 Å². The van der Waals surface area contributed by atoms with E-state index in [1.165, 1.54) is 12.1 Å². The minimum Gasteiger partial charge on any atom is -0.377 e. The fourth-order valence-corrected chi connectivity index (χ4v) is 3.38. The first-order valence-electron chi connectivity index (χ1n) is 4.43. The third kappa shape index (κ3) is 2.74. The summed E-state index contributed by atoms with van der Waals surface area (Å²) in [7, 11) is -3.83. The summed E-state index contributed by atoms with van der Waals surface area (Å²) >= 11 is 12.7. The molecule has 0 fully saturated rings. The predicted octanol–water partition coefficient (Wildman–Crippen LogP) is 3.82. The van der Waals surface area contributed by atoms with Gasteiger partial charge in [-0.1, -0.05) is 35.3 Å². The van der Waals surface area contributed by atoms with Crippen LogP contribution < -0.4 is 4.18 Å². The molecule has 0 spiro atoms. The third-order valence-electron chi connectivity index (χ3n) is 1.86. The molecule has 0 saturated carbocycles. The summed E-state index contributed by atoms with van der Waals surface area (Å²) in [4.78, 5) is 0. The molecule has 1 aromatic carbocycles. The molecule has 90 valence electrons. The molecule has 0 atom stereocenters. The molecule has 1 aromatic heterocycles. The molecule has 3 nitrogen and oxygen atoms in total. The normalized spacial score (nSPS) is 11.4. The number of benzene rings is 1. The van der Waals surface area contributed by atoms with E-state index in [0.29, 0.717) is 0 Å². The number of thiophene rings is 1. The van der Waals surface area contributed by atoms with Crippen LogP contribution in [0.3, 0.4) is 0 Å². The van der Waals surface area contributed by atoms with Gasteiger partial charge in [-0.05, 0) is 23.6 Å². The van der Waals surface area contributed by atoms with Crippen molar-refractivity contribution in [2.45, 2.75) is 4.21 Å². The Kier molecular flexibility index (Phi) is 3.63. The maximum absolute atomic E-state index is 11.8. The Hall–Kier alpha value is -0.750. The van der Waals surface area contributed by atoms with Gasteiger partial charge >= 0.3 is 10.1 Å². The van der Waals surface area contributed by atoms with E-state index in [1.54, 1.807) is 23.6 Å². The second-order valence-electron chi connectivity index (χ2n) is 3.02. The minimum atomic E-state index is -3.83. The van der Waals surface area contributed by atoms with Gasteiger partial charge in [0.05, 0.1) is 5.02 Å². The van der Waals surface area contributed by atoms with Crippen molar-refractivity contribution in [3.05, 3.63) is 45.8 Å². The second kappa shape index (κ2) is 4.86. The molecular weight excluding hydrogens is 303 g/mol. The zero-order valence-corrected chi connectivity index (χ0v) is 11.4. The average molecular weight is 309 g/mol. The molecule has 0 amide bonds. The van der Waals surface area contributed by atoms with E-state index in [4.69, 9.17) is 27.4 Å². The Labute approximate surface area is 113 Å². The topological polar surface area (TPSA) is 43.4 Å². The summed E-state index contributed by atoms with van der Waals surface area (Å²) < 4.78 is 28.7. The SMILES string of the molecule is O=S(=O)(Oc1cccc(Cl)c1Cl)c1cccs1. The molecule has 0 saturated heterocycles. The Bertz CT molecular complexity index is 621. The maximum atomic E-state index is 11.8. The fourth-order valence-electron chi connectivity index (χ4n) is 1.11. The summed E-state index contributed by atoms with van der Waals surface area (Å²) in [6.07, 6.45) is 0. The highest BCUT2D eigenvalue weighted by atomic mass is 35.5. The molecule has 17 heavy (non-hydrogen) atoms. The maximum Gasteiger partial charge on any atom is 0.348 e. The summed E-state index contributed by atoms with van der Waals surface area (Å²) in [5.74, 6) is 0.0209. The molecule has 2 rings (SSSR count). The van der Waals surface area contributed by atoms with Gasteiger partial charge in [0.15, 0.2) is 9.96 Å². The van der Waals surface area contributed by atoms with Crippen LogP contribution in [0, 0.1) is 0 Å². The van der Waals surface area contributed by atoms with Crippen molar-refractivity contribution in [1.82, 2.24) is 0 Å². The van der Waals surface area contributed by atoms with Gasteiger partial charge in [-0.25, -0.2) is 0 Å². The monoisotopic (exact) mass is 308 g/mol. The highest BCUT2D eigenvalue weighted by molar-refractivity contribution is 7.89. The zero-order chi connectivity index (χ0) is 12.5. The van der Waals surface area contributed by atoms with E-state index < -0.39 is 10.1 Å². The number of halogens is 2. The molecule has 7 heteroatoms. The van der Waals surface area contributed by atoms with Crippen LogP contribution in [0.25, 0.3) is 0 Å². The van der Waals surface area contributed by atoms with E-state index in [0.717, 1.165) is 11.3 Å². The largest absolute Gasteiger partial charge is 0.377 e. The van der Waals surface area contributed by atoms with Crippen molar-refractivity contribution in [2.24, 2.45) is 0 Å². The van der Waals surface area contributed by atoms with E-state index in [-0.39, 0.29) is 20.0 Å². The lowest BCUT2D eigenvalue weighted by atomic mass is 10.3. The van der Waals surface area contributed by atoms with Gasteiger partial charge in [0.2, 0.25) is 0 Å². The van der Waals surface area contributed by atoms with E-state index >= 15 is 0 Å². The Morgan fingerprint density at radius 1 is 1.12 bits per heavy atom. The predicted molar refractivity (Wildman–Crippen MR) is 68.6 cm³/mol. The minimum absolute atomic E-state index is 0.0209. The first-order chi connectivity index (χ1) is 8.00. The molecule has 1 heterocycles. The second-order valence-corrected chi connectivity index (χ2v) is 6.53.